The number of thiophene rings is 1. The Hall–Kier alpha value is -2.74. The molecule has 0 atom stereocenters. The van der Waals surface area contributed by atoms with Crippen molar-refractivity contribution in [3.63, 3.8) is 0 Å². The summed E-state index contributed by atoms with van der Waals surface area (Å²) in [4.78, 5) is 33.9. The molecule has 0 bridgehead atoms. The highest BCUT2D eigenvalue weighted by molar-refractivity contribution is 7.12. The molecule has 1 N–H and O–H groups in total. The Morgan fingerprint density at radius 1 is 1.27 bits per heavy atom. The molecule has 22 heavy (non-hydrogen) atoms. The van der Waals surface area contributed by atoms with Crippen molar-refractivity contribution in [1.82, 2.24) is 0 Å². The molecule has 0 spiro atoms. The number of benzene rings is 1. The Labute approximate surface area is 129 Å². The van der Waals surface area contributed by atoms with Gasteiger partial charge in [-0.2, -0.15) is 0 Å². The van der Waals surface area contributed by atoms with E-state index in [-0.39, 0.29) is 5.69 Å². The summed E-state index contributed by atoms with van der Waals surface area (Å²) in [6.45, 7) is 1.36. The third-order valence-electron chi connectivity index (χ3n) is 2.74. The first-order chi connectivity index (χ1) is 10.5. The van der Waals surface area contributed by atoms with Gasteiger partial charge in [-0.3, -0.25) is 14.9 Å². The third-order valence-corrected chi connectivity index (χ3v) is 3.74. The van der Waals surface area contributed by atoms with E-state index in [9.17, 15) is 19.7 Å². The predicted molar refractivity (Wildman–Crippen MR) is 81.1 cm³/mol. The van der Waals surface area contributed by atoms with E-state index >= 15 is 0 Å². The molecule has 8 heteroatoms. The molecule has 1 heterocycles. The van der Waals surface area contributed by atoms with Crippen LogP contribution < -0.4 is 5.32 Å². The molecule has 1 amide bonds. The maximum Gasteiger partial charge on any atom is 0.349 e. The van der Waals surface area contributed by atoms with Crippen molar-refractivity contribution < 1.29 is 19.2 Å². The number of aryl methyl sites for hydroxylation is 1. The van der Waals surface area contributed by atoms with E-state index in [1.807, 2.05) is 0 Å². The molecule has 0 aliphatic rings. The summed E-state index contributed by atoms with van der Waals surface area (Å²) in [7, 11) is 0. The smallest absolute Gasteiger partial charge is 0.349 e. The van der Waals surface area contributed by atoms with Gasteiger partial charge in [0.05, 0.1) is 4.92 Å². The van der Waals surface area contributed by atoms with Crippen molar-refractivity contribution in [1.29, 1.82) is 0 Å². The van der Waals surface area contributed by atoms with Crippen LogP contribution in [0.4, 0.5) is 11.4 Å². The van der Waals surface area contributed by atoms with Crippen molar-refractivity contribution in [3.8, 4) is 0 Å². The standard InChI is InChI=1S/C14H12N2O5S/c1-9-6-7-22-13(9)14(18)21-8-12(17)15-10-2-4-11(5-3-10)16(19)20/h2-7H,8H2,1H3,(H,15,17). The number of esters is 1. The Morgan fingerprint density at radius 3 is 2.50 bits per heavy atom. The number of amides is 1. The molecule has 1 aromatic heterocycles. The number of hydrogen-bond donors (Lipinski definition) is 1. The minimum Gasteiger partial charge on any atom is -0.451 e. The van der Waals surface area contributed by atoms with E-state index < -0.39 is 23.4 Å². The molecule has 114 valence electrons. The second-order valence-electron chi connectivity index (χ2n) is 4.36. The topological polar surface area (TPSA) is 98.5 Å². The van der Waals surface area contributed by atoms with Gasteiger partial charge in [0, 0.05) is 17.8 Å². The van der Waals surface area contributed by atoms with Crippen LogP contribution in [-0.2, 0) is 9.53 Å². The molecular formula is C14H12N2O5S. The zero-order valence-electron chi connectivity index (χ0n) is 11.6. The maximum absolute atomic E-state index is 11.7. The fraction of sp³-hybridized carbons (Fsp3) is 0.143. The van der Waals surface area contributed by atoms with E-state index in [1.54, 1.807) is 18.4 Å². The van der Waals surface area contributed by atoms with Crippen LogP contribution in [0.1, 0.15) is 15.2 Å². The van der Waals surface area contributed by atoms with Gasteiger partial charge in [-0.15, -0.1) is 11.3 Å². The zero-order chi connectivity index (χ0) is 16.1. The summed E-state index contributed by atoms with van der Waals surface area (Å²) in [5.74, 6) is -1.07. The second kappa shape index (κ2) is 6.81. The van der Waals surface area contributed by atoms with Gasteiger partial charge in [-0.05, 0) is 36.1 Å². The van der Waals surface area contributed by atoms with Crippen molar-refractivity contribution in [3.05, 3.63) is 56.3 Å². The minimum absolute atomic E-state index is 0.0717. The molecule has 0 aliphatic carbocycles. The van der Waals surface area contributed by atoms with Crippen LogP contribution in [0.3, 0.4) is 0 Å². The molecule has 2 aromatic rings. The molecular weight excluding hydrogens is 308 g/mol. The number of carbonyl (C=O) groups excluding carboxylic acids is 2. The van der Waals surface area contributed by atoms with E-state index in [1.165, 1.54) is 35.6 Å². The largest absolute Gasteiger partial charge is 0.451 e. The molecule has 0 unspecified atom stereocenters. The first-order valence-electron chi connectivity index (χ1n) is 6.23. The summed E-state index contributed by atoms with van der Waals surface area (Å²) in [6.07, 6.45) is 0. The lowest BCUT2D eigenvalue weighted by atomic mass is 10.3. The average Bonchev–Trinajstić information content (AvgIpc) is 2.91. The number of anilines is 1. The lowest BCUT2D eigenvalue weighted by molar-refractivity contribution is -0.384. The van der Waals surface area contributed by atoms with Crippen molar-refractivity contribution in [2.45, 2.75) is 6.92 Å². The fourth-order valence-corrected chi connectivity index (χ4v) is 2.46. The minimum atomic E-state index is -0.550. The van der Waals surface area contributed by atoms with Gasteiger partial charge in [0.1, 0.15) is 4.88 Å². The van der Waals surface area contributed by atoms with Crippen LogP contribution >= 0.6 is 11.3 Å². The van der Waals surface area contributed by atoms with Crippen LogP contribution in [0.5, 0.6) is 0 Å². The first kappa shape index (κ1) is 15.6. The number of nitrogens with zero attached hydrogens (tertiary/aromatic N) is 1. The van der Waals surface area contributed by atoms with Crippen LogP contribution in [-0.4, -0.2) is 23.4 Å². The first-order valence-corrected chi connectivity index (χ1v) is 7.11. The van der Waals surface area contributed by atoms with Gasteiger partial charge in [0.15, 0.2) is 6.61 Å². The van der Waals surface area contributed by atoms with Gasteiger partial charge in [-0.25, -0.2) is 4.79 Å². The fourth-order valence-electron chi connectivity index (χ4n) is 1.64. The van der Waals surface area contributed by atoms with Gasteiger partial charge >= 0.3 is 5.97 Å². The summed E-state index contributed by atoms with van der Waals surface area (Å²) in [6, 6.07) is 7.15. The Kier molecular flexibility index (Phi) is 4.84. The van der Waals surface area contributed by atoms with Crippen LogP contribution in [0.25, 0.3) is 0 Å². The van der Waals surface area contributed by atoms with Crippen molar-refractivity contribution in [2.75, 3.05) is 11.9 Å². The molecule has 0 saturated heterocycles. The van der Waals surface area contributed by atoms with E-state index in [0.717, 1.165) is 5.56 Å². The van der Waals surface area contributed by atoms with Crippen LogP contribution in [0, 0.1) is 17.0 Å². The summed E-state index contributed by atoms with van der Waals surface area (Å²) in [5.41, 5.74) is 1.11. The number of hydrogen-bond acceptors (Lipinski definition) is 6. The summed E-state index contributed by atoms with van der Waals surface area (Å²) < 4.78 is 4.91. The molecule has 2 rings (SSSR count). The number of nitrogens with one attached hydrogen (secondary N) is 1. The SMILES string of the molecule is Cc1ccsc1C(=O)OCC(=O)Nc1ccc([N+](=O)[O-])cc1. The maximum atomic E-state index is 11.7. The monoisotopic (exact) mass is 320 g/mol. The quantitative estimate of drug-likeness (QED) is 0.519. The molecule has 0 radical (unpaired) electrons. The molecule has 0 aliphatic heterocycles. The van der Waals surface area contributed by atoms with E-state index in [2.05, 4.69) is 5.32 Å². The lowest BCUT2D eigenvalue weighted by Gasteiger charge is -2.06. The van der Waals surface area contributed by atoms with Crippen LogP contribution in [0.2, 0.25) is 0 Å². The van der Waals surface area contributed by atoms with Gasteiger partial charge in [0.2, 0.25) is 0 Å². The summed E-state index contributed by atoms with van der Waals surface area (Å²) in [5, 5.41) is 14.8. The third kappa shape index (κ3) is 3.89. The molecule has 0 saturated carbocycles. The number of nitro benzene ring substituents is 1. The number of rotatable bonds is 5. The van der Waals surface area contributed by atoms with Crippen molar-refractivity contribution >= 4 is 34.6 Å². The predicted octanol–water partition coefficient (Wildman–Crippen LogP) is 2.76. The normalized spacial score (nSPS) is 10.0. The van der Waals surface area contributed by atoms with E-state index in [0.29, 0.717) is 10.6 Å². The molecule has 0 fully saturated rings. The number of carbonyl (C=O) groups is 2. The molecule has 1 aromatic carbocycles. The zero-order valence-corrected chi connectivity index (χ0v) is 12.4. The van der Waals surface area contributed by atoms with E-state index in [4.69, 9.17) is 4.74 Å². The Bertz CT molecular complexity index is 708. The highest BCUT2D eigenvalue weighted by Gasteiger charge is 2.14. The number of non-ortho nitro benzene ring substituents is 1. The van der Waals surface area contributed by atoms with Crippen LogP contribution in [0.15, 0.2) is 35.7 Å². The highest BCUT2D eigenvalue weighted by atomic mass is 32.1. The number of nitro groups is 1. The summed E-state index contributed by atoms with van der Waals surface area (Å²) >= 11 is 1.25. The van der Waals surface area contributed by atoms with Crippen molar-refractivity contribution in [2.24, 2.45) is 0 Å². The van der Waals surface area contributed by atoms with Gasteiger partial charge in [-0.1, -0.05) is 0 Å². The van der Waals surface area contributed by atoms with Gasteiger partial charge in [0.25, 0.3) is 11.6 Å². The highest BCUT2D eigenvalue weighted by Crippen LogP contribution is 2.17. The average molecular weight is 320 g/mol. The Balaban J connectivity index is 1.86. The molecule has 7 nitrogen and oxygen atoms in total. The van der Waals surface area contributed by atoms with Gasteiger partial charge < -0.3 is 10.1 Å². The lowest BCUT2D eigenvalue weighted by Crippen LogP contribution is -2.20. The Morgan fingerprint density at radius 2 is 1.95 bits per heavy atom. The number of ether oxygens (including phenoxy) is 1. The second-order valence-corrected chi connectivity index (χ2v) is 5.28.